The van der Waals surface area contributed by atoms with Gasteiger partial charge in [0.1, 0.15) is 6.26 Å². The van der Waals surface area contributed by atoms with Crippen LogP contribution in [0.4, 0.5) is 5.82 Å². The molecule has 1 N–H and O–H groups in total. The van der Waals surface area contributed by atoms with E-state index in [9.17, 15) is 4.79 Å². The Morgan fingerprint density at radius 3 is 2.68 bits per heavy atom. The molecule has 0 saturated heterocycles. The highest BCUT2D eigenvalue weighted by molar-refractivity contribution is 5.93. The summed E-state index contributed by atoms with van der Waals surface area (Å²) in [7, 11) is 1.54. The average Bonchev–Trinajstić information content (AvgIpc) is 2.92. The summed E-state index contributed by atoms with van der Waals surface area (Å²) in [5.41, 5.74) is 0. The van der Waals surface area contributed by atoms with E-state index < -0.39 is 6.10 Å². The molecule has 1 amide bonds. The van der Waals surface area contributed by atoms with Gasteiger partial charge in [-0.05, 0) is 19.1 Å². The minimum absolute atomic E-state index is 0.320. The lowest BCUT2D eigenvalue weighted by Gasteiger charge is -2.15. The molecule has 1 aromatic carbocycles. The number of carbonyl (C=O) groups excluding carboxylic acids is 1. The first-order valence-electron chi connectivity index (χ1n) is 5.71. The predicted molar refractivity (Wildman–Crippen MR) is 68.2 cm³/mol. The van der Waals surface area contributed by atoms with Crippen molar-refractivity contribution < 1.29 is 18.8 Å². The molecule has 1 atom stereocenters. The maximum Gasteiger partial charge on any atom is 0.266 e. The highest BCUT2D eigenvalue weighted by Crippen LogP contribution is 2.26. The zero-order chi connectivity index (χ0) is 13.7. The number of anilines is 1. The Hall–Kier alpha value is -2.50. The number of para-hydroxylation sites is 2. The van der Waals surface area contributed by atoms with Crippen LogP contribution < -0.4 is 14.8 Å². The van der Waals surface area contributed by atoms with Gasteiger partial charge in [0, 0.05) is 6.07 Å². The minimum Gasteiger partial charge on any atom is -0.493 e. The molecule has 0 aliphatic carbocycles. The lowest BCUT2D eigenvalue weighted by molar-refractivity contribution is -0.122. The molecular formula is C13H14N2O4. The normalized spacial score (nSPS) is 11.7. The second kappa shape index (κ2) is 5.90. The monoisotopic (exact) mass is 262 g/mol. The minimum atomic E-state index is -0.687. The van der Waals surface area contributed by atoms with Crippen LogP contribution in [0.25, 0.3) is 0 Å². The molecular weight excluding hydrogens is 248 g/mol. The lowest BCUT2D eigenvalue weighted by atomic mass is 10.3. The van der Waals surface area contributed by atoms with Gasteiger partial charge in [-0.1, -0.05) is 17.3 Å². The predicted octanol–water partition coefficient (Wildman–Crippen LogP) is 2.09. The van der Waals surface area contributed by atoms with E-state index in [1.807, 2.05) is 6.07 Å². The Balaban J connectivity index is 2.00. The standard InChI is InChI=1S/C13H14N2O4/c1-9(13(16)14-12-7-8-18-15-12)19-11-6-4-3-5-10(11)17-2/h3-9H,1-2H3,(H,14,15,16)/t9-/m1/s1. The Kier molecular flexibility index (Phi) is 4.02. The Bertz CT molecular complexity index is 539. The van der Waals surface area contributed by atoms with Crippen molar-refractivity contribution >= 4 is 11.7 Å². The number of methoxy groups -OCH3 is 1. The first kappa shape index (κ1) is 12.9. The Morgan fingerprint density at radius 1 is 1.32 bits per heavy atom. The highest BCUT2D eigenvalue weighted by atomic mass is 16.5. The number of nitrogens with zero attached hydrogens (tertiary/aromatic N) is 1. The van der Waals surface area contributed by atoms with E-state index in [-0.39, 0.29) is 5.91 Å². The van der Waals surface area contributed by atoms with Crippen LogP contribution in [0.5, 0.6) is 11.5 Å². The van der Waals surface area contributed by atoms with Crippen molar-refractivity contribution in [3.05, 3.63) is 36.6 Å². The molecule has 19 heavy (non-hydrogen) atoms. The van der Waals surface area contributed by atoms with E-state index in [0.29, 0.717) is 17.3 Å². The van der Waals surface area contributed by atoms with E-state index in [0.717, 1.165) is 0 Å². The Morgan fingerprint density at radius 2 is 2.05 bits per heavy atom. The number of benzene rings is 1. The molecule has 1 aromatic heterocycles. The van der Waals surface area contributed by atoms with Gasteiger partial charge in [0.15, 0.2) is 23.4 Å². The van der Waals surface area contributed by atoms with Crippen molar-refractivity contribution in [2.45, 2.75) is 13.0 Å². The fourth-order valence-corrected chi connectivity index (χ4v) is 1.46. The van der Waals surface area contributed by atoms with Gasteiger partial charge in [-0.25, -0.2) is 0 Å². The quantitative estimate of drug-likeness (QED) is 0.893. The van der Waals surface area contributed by atoms with Crippen LogP contribution in [0.3, 0.4) is 0 Å². The fourth-order valence-electron chi connectivity index (χ4n) is 1.46. The first-order valence-corrected chi connectivity index (χ1v) is 5.71. The molecule has 0 spiro atoms. The summed E-state index contributed by atoms with van der Waals surface area (Å²) >= 11 is 0. The van der Waals surface area contributed by atoms with Crippen molar-refractivity contribution in [1.29, 1.82) is 0 Å². The van der Waals surface area contributed by atoms with E-state index in [1.54, 1.807) is 38.3 Å². The molecule has 0 fully saturated rings. The van der Waals surface area contributed by atoms with Crippen molar-refractivity contribution in [2.75, 3.05) is 12.4 Å². The largest absolute Gasteiger partial charge is 0.493 e. The van der Waals surface area contributed by atoms with Crippen molar-refractivity contribution in [1.82, 2.24) is 5.16 Å². The average molecular weight is 262 g/mol. The van der Waals surface area contributed by atoms with Crippen molar-refractivity contribution in [3.8, 4) is 11.5 Å². The van der Waals surface area contributed by atoms with Crippen LogP contribution in [0.1, 0.15) is 6.92 Å². The smallest absolute Gasteiger partial charge is 0.266 e. The van der Waals surface area contributed by atoms with Gasteiger partial charge in [0.05, 0.1) is 7.11 Å². The summed E-state index contributed by atoms with van der Waals surface area (Å²) in [5.74, 6) is 1.11. The number of ether oxygens (including phenoxy) is 2. The maximum atomic E-state index is 11.9. The molecule has 0 radical (unpaired) electrons. The highest BCUT2D eigenvalue weighted by Gasteiger charge is 2.17. The van der Waals surface area contributed by atoms with Gasteiger partial charge in [-0.2, -0.15) is 0 Å². The van der Waals surface area contributed by atoms with Crippen LogP contribution >= 0.6 is 0 Å². The number of hydrogen-bond acceptors (Lipinski definition) is 5. The van der Waals surface area contributed by atoms with Gasteiger partial charge in [-0.15, -0.1) is 0 Å². The number of rotatable bonds is 5. The lowest BCUT2D eigenvalue weighted by Crippen LogP contribution is -2.30. The summed E-state index contributed by atoms with van der Waals surface area (Å²) in [4.78, 5) is 11.9. The van der Waals surface area contributed by atoms with Gasteiger partial charge < -0.3 is 19.3 Å². The van der Waals surface area contributed by atoms with Crippen molar-refractivity contribution in [3.63, 3.8) is 0 Å². The number of amides is 1. The molecule has 0 bridgehead atoms. The molecule has 0 saturated carbocycles. The van der Waals surface area contributed by atoms with Gasteiger partial charge in [0.25, 0.3) is 5.91 Å². The number of carbonyl (C=O) groups is 1. The number of hydrogen-bond donors (Lipinski definition) is 1. The number of nitrogens with one attached hydrogen (secondary N) is 1. The number of aromatic nitrogens is 1. The molecule has 0 unspecified atom stereocenters. The summed E-state index contributed by atoms with van der Waals surface area (Å²) in [6.07, 6.45) is 0.689. The van der Waals surface area contributed by atoms with Gasteiger partial charge in [-0.3, -0.25) is 4.79 Å². The summed E-state index contributed by atoms with van der Waals surface area (Å²) in [5, 5.41) is 6.16. The second-order valence-corrected chi connectivity index (χ2v) is 3.78. The molecule has 0 aliphatic rings. The van der Waals surface area contributed by atoms with E-state index in [2.05, 4.69) is 15.0 Å². The second-order valence-electron chi connectivity index (χ2n) is 3.78. The zero-order valence-corrected chi connectivity index (χ0v) is 10.6. The molecule has 1 heterocycles. The first-order chi connectivity index (χ1) is 9.20. The summed E-state index contributed by atoms with van der Waals surface area (Å²) in [6, 6.07) is 8.68. The van der Waals surface area contributed by atoms with Gasteiger partial charge in [0.2, 0.25) is 0 Å². The van der Waals surface area contributed by atoms with Crippen LogP contribution in [-0.2, 0) is 4.79 Å². The van der Waals surface area contributed by atoms with Crippen LogP contribution in [0, 0.1) is 0 Å². The molecule has 0 aliphatic heterocycles. The summed E-state index contributed by atoms with van der Waals surface area (Å²) in [6.45, 7) is 1.64. The SMILES string of the molecule is COc1ccccc1O[C@H](C)C(=O)Nc1ccon1. The van der Waals surface area contributed by atoms with E-state index >= 15 is 0 Å². The van der Waals surface area contributed by atoms with E-state index in [1.165, 1.54) is 6.26 Å². The molecule has 2 aromatic rings. The van der Waals surface area contributed by atoms with Crippen LogP contribution in [-0.4, -0.2) is 24.3 Å². The maximum absolute atomic E-state index is 11.9. The fraction of sp³-hybridized carbons (Fsp3) is 0.231. The molecule has 100 valence electrons. The van der Waals surface area contributed by atoms with Crippen LogP contribution in [0.2, 0.25) is 0 Å². The van der Waals surface area contributed by atoms with Crippen LogP contribution in [0.15, 0.2) is 41.1 Å². The van der Waals surface area contributed by atoms with Gasteiger partial charge >= 0.3 is 0 Å². The topological polar surface area (TPSA) is 73.6 Å². The van der Waals surface area contributed by atoms with E-state index in [4.69, 9.17) is 9.47 Å². The van der Waals surface area contributed by atoms with Crippen molar-refractivity contribution in [2.24, 2.45) is 0 Å². The molecule has 2 rings (SSSR count). The third-order valence-corrected chi connectivity index (χ3v) is 2.43. The summed E-state index contributed by atoms with van der Waals surface area (Å²) < 4.78 is 15.3. The molecule has 6 heteroatoms. The third kappa shape index (κ3) is 3.25. The zero-order valence-electron chi connectivity index (χ0n) is 10.6. The Labute approximate surface area is 110 Å². The molecule has 6 nitrogen and oxygen atoms in total. The third-order valence-electron chi connectivity index (χ3n) is 2.43.